The lowest BCUT2D eigenvalue weighted by Crippen LogP contribution is -2.33. The Bertz CT molecular complexity index is 711. The number of halogens is 1. The highest BCUT2D eigenvalue weighted by Crippen LogP contribution is 2.27. The molecule has 1 aromatic heterocycles. The maximum atomic E-state index is 11.9. The first kappa shape index (κ1) is 17.4. The number of H-pyrrole nitrogens is 1. The third-order valence-electron chi connectivity index (χ3n) is 3.28. The lowest BCUT2D eigenvalue weighted by atomic mass is 10.2. The molecule has 0 amide bonds. The van der Waals surface area contributed by atoms with Gasteiger partial charge in [-0.3, -0.25) is 14.3 Å². The molecule has 3 atom stereocenters. The van der Waals surface area contributed by atoms with E-state index in [1.165, 1.54) is 21.8 Å². The number of aromatic amines is 1. The standard InChI is InChI=1S/C13H15BrN2O7/c1-21-13(20)22-6-9-8(17)4-10(23-9)16-5-7(2-3-14)11(18)15-12(16)19/h2-3,5,8-10,17H,4,6H2,1H3,(H,15,18,19)/b3-2+/t8-,9+,10+/m0/s1. The lowest BCUT2D eigenvalue weighted by Gasteiger charge is -2.16. The molecule has 126 valence electrons. The van der Waals surface area contributed by atoms with Gasteiger partial charge in [0.2, 0.25) is 0 Å². The summed E-state index contributed by atoms with van der Waals surface area (Å²) in [6, 6.07) is 0. The number of aliphatic hydroxyl groups is 1. The van der Waals surface area contributed by atoms with Gasteiger partial charge < -0.3 is 19.3 Å². The van der Waals surface area contributed by atoms with Crippen LogP contribution in [-0.4, -0.2) is 46.7 Å². The number of rotatable bonds is 4. The topological polar surface area (TPSA) is 120 Å². The fraction of sp³-hybridized carbons (Fsp3) is 0.462. The molecule has 2 heterocycles. The Morgan fingerprint density at radius 3 is 3.00 bits per heavy atom. The Morgan fingerprint density at radius 2 is 2.35 bits per heavy atom. The van der Waals surface area contributed by atoms with Gasteiger partial charge in [0.15, 0.2) is 0 Å². The average molecular weight is 391 g/mol. The smallest absolute Gasteiger partial charge is 0.438 e. The zero-order chi connectivity index (χ0) is 17.0. The highest BCUT2D eigenvalue weighted by atomic mass is 79.9. The van der Waals surface area contributed by atoms with E-state index in [-0.39, 0.29) is 18.6 Å². The Balaban J connectivity index is 2.17. The quantitative estimate of drug-likeness (QED) is 0.710. The lowest BCUT2D eigenvalue weighted by molar-refractivity contribution is -0.0567. The molecule has 1 fully saturated rings. The number of nitrogens with one attached hydrogen (secondary N) is 1. The number of carbonyl (C=O) groups is 1. The zero-order valence-electron chi connectivity index (χ0n) is 12.1. The van der Waals surface area contributed by atoms with Crippen LogP contribution in [0.4, 0.5) is 4.79 Å². The van der Waals surface area contributed by atoms with Crippen molar-refractivity contribution in [2.24, 2.45) is 0 Å². The number of hydrogen-bond donors (Lipinski definition) is 2. The molecule has 1 aliphatic heterocycles. The normalized spacial score (nSPS) is 24.0. The first-order valence-electron chi connectivity index (χ1n) is 6.62. The Hall–Kier alpha value is -1.91. The van der Waals surface area contributed by atoms with Crippen molar-refractivity contribution in [2.75, 3.05) is 13.7 Å². The first-order chi connectivity index (χ1) is 11.0. The number of methoxy groups -OCH3 is 1. The maximum absolute atomic E-state index is 11.9. The SMILES string of the molecule is COC(=O)OC[C@H]1O[C@@H](n2cc(/C=C/Br)c(=O)[nH]c2=O)C[C@@H]1O. The predicted octanol–water partition coefficient (Wildman–Crippen LogP) is 0.334. The molecule has 0 bridgehead atoms. The molecule has 1 saturated heterocycles. The van der Waals surface area contributed by atoms with E-state index in [2.05, 4.69) is 25.7 Å². The molecule has 2 N–H and O–H groups in total. The predicted molar refractivity (Wildman–Crippen MR) is 82.2 cm³/mol. The minimum Gasteiger partial charge on any atom is -0.438 e. The molecule has 1 aliphatic rings. The average Bonchev–Trinajstić information content (AvgIpc) is 2.88. The number of carbonyl (C=O) groups excluding carboxylic acids is 1. The van der Waals surface area contributed by atoms with Crippen molar-refractivity contribution < 1.29 is 24.1 Å². The Morgan fingerprint density at radius 1 is 1.61 bits per heavy atom. The second kappa shape index (κ2) is 7.57. The molecular formula is C13H15BrN2O7. The van der Waals surface area contributed by atoms with Crippen LogP contribution in [0.1, 0.15) is 18.2 Å². The summed E-state index contributed by atoms with van der Waals surface area (Å²) in [4.78, 5) is 38.1. The van der Waals surface area contributed by atoms with Crippen molar-refractivity contribution >= 4 is 28.2 Å². The highest BCUT2D eigenvalue weighted by Gasteiger charge is 2.36. The second-order valence-electron chi connectivity index (χ2n) is 4.74. The van der Waals surface area contributed by atoms with Crippen LogP contribution >= 0.6 is 15.9 Å². The van der Waals surface area contributed by atoms with Crippen LogP contribution in [-0.2, 0) is 14.2 Å². The van der Waals surface area contributed by atoms with Gasteiger partial charge in [0.25, 0.3) is 5.56 Å². The number of aliphatic hydroxyl groups excluding tert-OH is 1. The maximum Gasteiger partial charge on any atom is 0.508 e. The monoisotopic (exact) mass is 390 g/mol. The summed E-state index contributed by atoms with van der Waals surface area (Å²) in [5.74, 6) is 0. The summed E-state index contributed by atoms with van der Waals surface area (Å²) in [5.41, 5.74) is -0.951. The molecule has 23 heavy (non-hydrogen) atoms. The van der Waals surface area contributed by atoms with E-state index in [0.717, 1.165) is 7.11 Å². The molecule has 2 rings (SSSR count). The molecular weight excluding hydrogens is 376 g/mol. The van der Waals surface area contributed by atoms with Gasteiger partial charge in [0, 0.05) is 12.6 Å². The first-order valence-corrected chi connectivity index (χ1v) is 7.54. The highest BCUT2D eigenvalue weighted by molar-refractivity contribution is 9.11. The summed E-state index contributed by atoms with van der Waals surface area (Å²) in [6.07, 6.45) is -0.499. The van der Waals surface area contributed by atoms with Gasteiger partial charge in [0.05, 0.1) is 18.8 Å². The fourth-order valence-corrected chi connectivity index (χ4v) is 2.43. The van der Waals surface area contributed by atoms with E-state index >= 15 is 0 Å². The minimum atomic E-state index is -0.932. The molecule has 0 aliphatic carbocycles. The third kappa shape index (κ3) is 4.09. The van der Waals surface area contributed by atoms with Crippen LogP contribution in [0.3, 0.4) is 0 Å². The van der Waals surface area contributed by atoms with Gasteiger partial charge in [-0.2, -0.15) is 0 Å². The molecule has 0 radical (unpaired) electrons. The van der Waals surface area contributed by atoms with E-state index in [4.69, 9.17) is 9.47 Å². The van der Waals surface area contributed by atoms with Crippen molar-refractivity contribution in [3.8, 4) is 0 Å². The molecule has 0 spiro atoms. The van der Waals surface area contributed by atoms with Gasteiger partial charge in [-0.25, -0.2) is 9.59 Å². The van der Waals surface area contributed by atoms with Crippen LogP contribution in [0.25, 0.3) is 6.08 Å². The van der Waals surface area contributed by atoms with Crippen LogP contribution < -0.4 is 11.2 Å². The van der Waals surface area contributed by atoms with Crippen LogP contribution in [0, 0.1) is 0 Å². The molecule has 1 aromatic rings. The largest absolute Gasteiger partial charge is 0.508 e. The molecule has 9 nitrogen and oxygen atoms in total. The van der Waals surface area contributed by atoms with Crippen LogP contribution in [0.2, 0.25) is 0 Å². The molecule has 0 aromatic carbocycles. The van der Waals surface area contributed by atoms with Gasteiger partial charge in [-0.1, -0.05) is 15.9 Å². The number of aromatic nitrogens is 2. The fourth-order valence-electron chi connectivity index (χ4n) is 2.15. The van der Waals surface area contributed by atoms with E-state index < -0.39 is 35.8 Å². The van der Waals surface area contributed by atoms with Gasteiger partial charge in [-0.15, -0.1) is 0 Å². The van der Waals surface area contributed by atoms with Crippen molar-refractivity contribution in [3.63, 3.8) is 0 Å². The number of hydrogen-bond acceptors (Lipinski definition) is 7. The third-order valence-corrected chi connectivity index (χ3v) is 3.55. The summed E-state index contributed by atoms with van der Waals surface area (Å²) >= 11 is 3.05. The Kier molecular flexibility index (Phi) is 5.74. The summed E-state index contributed by atoms with van der Waals surface area (Å²) in [6.45, 7) is -0.212. The molecule has 0 saturated carbocycles. The van der Waals surface area contributed by atoms with Crippen LogP contribution in [0.15, 0.2) is 20.8 Å². The van der Waals surface area contributed by atoms with Crippen molar-refractivity contribution in [1.82, 2.24) is 9.55 Å². The van der Waals surface area contributed by atoms with Crippen molar-refractivity contribution in [2.45, 2.75) is 24.9 Å². The van der Waals surface area contributed by atoms with Gasteiger partial charge in [-0.05, 0) is 11.1 Å². The van der Waals surface area contributed by atoms with E-state index in [1.54, 1.807) is 0 Å². The minimum absolute atomic E-state index is 0.110. The molecule has 10 heteroatoms. The number of nitrogens with zero attached hydrogens (tertiary/aromatic N) is 1. The van der Waals surface area contributed by atoms with Crippen molar-refractivity contribution in [1.29, 1.82) is 0 Å². The van der Waals surface area contributed by atoms with E-state index in [0.29, 0.717) is 0 Å². The van der Waals surface area contributed by atoms with E-state index in [1.807, 2.05) is 0 Å². The van der Waals surface area contributed by atoms with Crippen molar-refractivity contribution in [3.05, 3.63) is 37.6 Å². The molecule has 0 unspecified atom stereocenters. The number of ether oxygens (including phenoxy) is 3. The van der Waals surface area contributed by atoms with E-state index in [9.17, 15) is 19.5 Å². The Labute approximate surface area is 138 Å². The van der Waals surface area contributed by atoms with Crippen LogP contribution in [0.5, 0.6) is 0 Å². The summed E-state index contributed by atoms with van der Waals surface area (Å²) in [5, 5.41) is 9.96. The second-order valence-corrected chi connectivity index (χ2v) is 5.27. The van der Waals surface area contributed by atoms with Gasteiger partial charge >= 0.3 is 11.8 Å². The zero-order valence-corrected chi connectivity index (χ0v) is 13.7. The summed E-state index contributed by atoms with van der Waals surface area (Å²) < 4.78 is 15.8. The summed E-state index contributed by atoms with van der Waals surface area (Å²) in [7, 11) is 1.16. The van der Waals surface area contributed by atoms with Gasteiger partial charge in [0.1, 0.15) is 18.9 Å².